The molecule has 0 saturated carbocycles. The van der Waals surface area contributed by atoms with Crippen molar-refractivity contribution in [3.63, 3.8) is 0 Å². The van der Waals surface area contributed by atoms with E-state index < -0.39 is 22.8 Å². The molecule has 0 aromatic heterocycles. The third kappa shape index (κ3) is 6.12. The van der Waals surface area contributed by atoms with Gasteiger partial charge < -0.3 is 19.9 Å². The summed E-state index contributed by atoms with van der Waals surface area (Å²) < 4.78 is 5.84. The standard InChI is InChI=1S/C26H29N5O6/c1-3-9-29-10-12-30(13-11-29)26(34)21-15-18-5-4-6-20(14-18)37-23-16-19(7-8-22(23)31(35)36)25(33)28(2)17-24(32)27-21/h3-8,14,16,21H,1,9-13,15,17H2,2H3,(H,27,32). The Hall–Kier alpha value is -4.25. The summed E-state index contributed by atoms with van der Waals surface area (Å²) in [5.74, 6) is -0.980. The lowest BCUT2D eigenvalue weighted by atomic mass is 10.0. The van der Waals surface area contributed by atoms with Crippen LogP contribution in [0.5, 0.6) is 11.5 Å². The number of benzene rings is 2. The summed E-state index contributed by atoms with van der Waals surface area (Å²) in [5.41, 5.74) is 0.550. The molecule has 1 atom stereocenters. The highest BCUT2D eigenvalue weighted by Crippen LogP contribution is 2.33. The molecule has 4 bridgehead atoms. The van der Waals surface area contributed by atoms with Crippen molar-refractivity contribution < 1.29 is 24.0 Å². The Morgan fingerprint density at radius 1 is 1.19 bits per heavy atom. The van der Waals surface area contributed by atoms with Gasteiger partial charge in [0.15, 0.2) is 0 Å². The number of fused-ring (bicyclic) bond motifs is 4. The number of nitrogens with zero attached hydrogens (tertiary/aromatic N) is 4. The molecule has 1 fully saturated rings. The van der Waals surface area contributed by atoms with E-state index in [0.29, 0.717) is 37.5 Å². The summed E-state index contributed by atoms with van der Waals surface area (Å²) in [6, 6.07) is 9.78. The molecular weight excluding hydrogens is 478 g/mol. The number of amides is 3. The zero-order valence-corrected chi connectivity index (χ0v) is 20.6. The summed E-state index contributed by atoms with van der Waals surface area (Å²) in [6.45, 7) is 6.67. The molecule has 2 aliphatic rings. The van der Waals surface area contributed by atoms with Gasteiger partial charge in [-0.1, -0.05) is 18.2 Å². The van der Waals surface area contributed by atoms with Crippen molar-refractivity contribution in [2.45, 2.75) is 12.5 Å². The van der Waals surface area contributed by atoms with E-state index in [-0.39, 0.29) is 35.9 Å². The predicted octanol–water partition coefficient (Wildman–Crippen LogP) is 1.83. The molecule has 2 aromatic rings. The van der Waals surface area contributed by atoms with E-state index in [2.05, 4.69) is 16.8 Å². The number of nitrogens with one attached hydrogen (secondary N) is 1. The molecule has 1 N–H and O–H groups in total. The lowest BCUT2D eigenvalue weighted by Crippen LogP contribution is -2.56. The van der Waals surface area contributed by atoms with Gasteiger partial charge in [0.05, 0.1) is 11.5 Å². The van der Waals surface area contributed by atoms with E-state index in [1.807, 2.05) is 6.08 Å². The fourth-order valence-corrected chi connectivity index (χ4v) is 4.48. The molecule has 11 heteroatoms. The average Bonchev–Trinajstić information content (AvgIpc) is 2.87. The first-order valence-electron chi connectivity index (χ1n) is 12.0. The zero-order valence-electron chi connectivity index (χ0n) is 20.6. The lowest BCUT2D eigenvalue weighted by Gasteiger charge is -2.36. The van der Waals surface area contributed by atoms with Crippen LogP contribution < -0.4 is 10.1 Å². The zero-order chi connectivity index (χ0) is 26.5. The molecule has 0 radical (unpaired) electrons. The number of carbonyl (C=O) groups is 3. The van der Waals surface area contributed by atoms with Crippen LogP contribution in [0.4, 0.5) is 5.69 Å². The number of hydrogen-bond acceptors (Lipinski definition) is 7. The summed E-state index contributed by atoms with van der Waals surface area (Å²) in [7, 11) is 1.45. The summed E-state index contributed by atoms with van der Waals surface area (Å²) >= 11 is 0. The Morgan fingerprint density at radius 2 is 1.95 bits per heavy atom. The van der Waals surface area contributed by atoms with Gasteiger partial charge in [-0.05, 0) is 23.8 Å². The summed E-state index contributed by atoms with van der Waals surface area (Å²) in [5, 5.41) is 14.4. The topological polar surface area (TPSA) is 125 Å². The van der Waals surface area contributed by atoms with Crippen LogP contribution in [0.1, 0.15) is 15.9 Å². The van der Waals surface area contributed by atoms with Gasteiger partial charge >= 0.3 is 5.69 Å². The van der Waals surface area contributed by atoms with Gasteiger partial charge in [-0.2, -0.15) is 0 Å². The number of piperazine rings is 1. The van der Waals surface area contributed by atoms with Gasteiger partial charge in [0.1, 0.15) is 11.8 Å². The lowest BCUT2D eigenvalue weighted by molar-refractivity contribution is -0.385. The molecule has 0 spiro atoms. The third-order valence-electron chi connectivity index (χ3n) is 6.40. The second-order valence-electron chi connectivity index (χ2n) is 9.09. The van der Waals surface area contributed by atoms with Gasteiger partial charge in [-0.15, -0.1) is 6.58 Å². The van der Waals surface area contributed by atoms with E-state index in [1.165, 1.54) is 30.1 Å². The molecule has 37 heavy (non-hydrogen) atoms. The largest absolute Gasteiger partial charge is 0.450 e. The summed E-state index contributed by atoms with van der Waals surface area (Å²) in [6.07, 6.45) is 2.02. The number of rotatable bonds is 4. The van der Waals surface area contributed by atoms with Crippen LogP contribution in [0.15, 0.2) is 55.1 Å². The van der Waals surface area contributed by atoms with E-state index in [9.17, 15) is 24.5 Å². The highest BCUT2D eigenvalue weighted by atomic mass is 16.6. The second-order valence-corrected chi connectivity index (χ2v) is 9.09. The molecule has 1 saturated heterocycles. The van der Waals surface area contributed by atoms with Crippen LogP contribution in [-0.2, 0) is 16.0 Å². The first-order chi connectivity index (χ1) is 17.7. The number of likely N-dealkylation sites (N-methyl/N-ethyl adjacent to an activating group) is 1. The molecule has 1 unspecified atom stereocenters. The first kappa shape index (κ1) is 25.8. The first-order valence-corrected chi connectivity index (χ1v) is 12.0. The van der Waals surface area contributed by atoms with E-state index in [0.717, 1.165) is 6.54 Å². The van der Waals surface area contributed by atoms with Crippen LogP contribution in [-0.4, -0.2) is 89.7 Å². The normalized spacial score (nSPS) is 18.9. The average molecular weight is 508 g/mol. The number of nitro groups is 1. The highest BCUT2D eigenvalue weighted by Gasteiger charge is 2.30. The fourth-order valence-electron chi connectivity index (χ4n) is 4.48. The summed E-state index contributed by atoms with van der Waals surface area (Å²) in [4.78, 5) is 55.5. The molecule has 4 rings (SSSR count). The van der Waals surface area contributed by atoms with E-state index in [1.54, 1.807) is 29.2 Å². The second kappa shape index (κ2) is 11.2. The minimum atomic E-state index is -0.854. The van der Waals surface area contributed by atoms with E-state index in [4.69, 9.17) is 4.74 Å². The Balaban J connectivity index is 1.65. The van der Waals surface area contributed by atoms with Crippen LogP contribution in [0, 0.1) is 10.1 Å². The quantitative estimate of drug-likeness (QED) is 0.380. The minimum absolute atomic E-state index is 0.0899. The van der Waals surface area contributed by atoms with E-state index >= 15 is 0 Å². The Kier molecular flexibility index (Phi) is 7.83. The van der Waals surface area contributed by atoms with Crippen LogP contribution in [0.3, 0.4) is 0 Å². The molecule has 0 aliphatic carbocycles. The molecule has 2 heterocycles. The number of ether oxygens (including phenoxy) is 1. The maximum atomic E-state index is 13.5. The molecule has 194 valence electrons. The maximum absolute atomic E-state index is 13.5. The van der Waals surface area contributed by atoms with Gasteiger partial charge in [0.25, 0.3) is 5.91 Å². The van der Waals surface area contributed by atoms with Crippen molar-refractivity contribution in [1.82, 2.24) is 20.0 Å². The molecule has 11 nitrogen and oxygen atoms in total. The van der Waals surface area contributed by atoms with Crippen molar-refractivity contribution in [2.75, 3.05) is 46.3 Å². The van der Waals surface area contributed by atoms with Crippen molar-refractivity contribution in [1.29, 1.82) is 0 Å². The van der Waals surface area contributed by atoms with Crippen molar-refractivity contribution in [3.8, 4) is 11.5 Å². The Bertz CT molecular complexity index is 1220. The molecular formula is C26H29N5O6. The van der Waals surface area contributed by atoms with Gasteiger partial charge in [-0.3, -0.25) is 29.4 Å². The minimum Gasteiger partial charge on any atom is -0.450 e. The fraction of sp³-hybridized carbons (Fsp3) is 0.346. The van der Waals surface area contributed by atoms with Gasteiger partial charge in [-0.25, -0.2) is 0 Å². The van der Waals surface area contributed by atoms with Crippen LogP contribution >= 0.6 is 0 Å². The third-order valence-corrected chi connectivity index (χ3v) is 6.40. The van der Waals surface area contributed by atoms with Crippen LogP contribution in [0.2, 0.25) is 0 Å². The number of carbonyl (C=O) groups excluding carboxylic acids is 3. The number of hydrogen-bond donors (Lipinski definition) is 1. The van der Waals surface area contributed by atoms with Gasteiger partial charge in [0, 0.05) is 63.9 Å². The van der Waals surface area contributed by atoms with Crippen molar-refractivity contribution in [3.05, 3.63) is 76.4 Å². The van der Waals surface area contributed by atoms with Crippen molar-refractivity contribution >= 4 is 23.4 Å². The SMILES string of the molecule is C=CCN1CCN(C(=O)C2Cc3cccc(c3)Oc3cc(ccc3[N+](=O)[O-])C(=O)N(C)CC(=O)N2)CC1. The number of nitro benzene ring substituents is 1. The molecule has 2 aliphatic heterocycles. The Morgan fingerprint density at radius 3 is 2.65 bits per heavy atom. The van der Waals surface area contributed by atoms with Crippen molar-refractivity contribution in [2.24, 2.45) is 0 Å². The monoisotopic (exact) mass is 507 g/mol. The molecule has 2 aromatic carbocycles. The van der Waals surface area contributed by atoms with Crippen LogP contribution in [0.25, 0.3) is 0 Å². The van der Waals surface area contributed by atoms with Gasteiger partial charge in [0.2, 0.25) is 17.6 Å². The molecule has 3 amide bonds. The highest BCUT2D eigenvalue weighted by molar-refractivity contribution is 5.97. The smallest absolute Gasteiger partial charge is 0.311 e. The predicted molar refractivity (Wildman–Crippen MR) is 135 cm³/mol. The Labute approximate surface area is 214 Å². The maximum Gasteiger partial charge on any atom is 0.311 e.